The summed E-state index contributed by atoms with van der Waals surface area (Å²) in [6, 6.07) is 16.3. The van der Waals surface area contributed by atoms with Gasteiger partial charge in [0.15, 0.2) is 0 Å². The molecule has 1 N–H and O–H groups in total. The molecule has 9 nitrogen and oxygen atoms in total. The lowest BCUT2D eigenvalue weighted by molar-refractivity contribution is -0.154. The number of piperidine rings is 1. The molecule has 0 aliphatic carbocycles. The maximum absolute atomic E-state index is 12.9. The van der Waals surface area contributed by atoms with E-state index >= 15 is 0 Å². The number of carbonyl (C=O) groups is 1. The van der Waals surface area contributed by atoms with Crippen LogP contribution in [-0.2, 0) is 22.5 Å². The van der Waals surface area contributed by atoms with Gasteiger partial charge in [0.25, 0.3) is 5.56 Å². The molecule has 0 radical (unpaired) electrons. The van der Waals surface area contributed by atoms with Crippen LogP contribution in [0.5, 0.6) is 0 Å². The number of nitrogens with zero attached hydrogens (tertiary/aromatic N) is 5. The van der Waals surface area contributed by atoms with Crippen molar-refractivity contribution in [1.82, 2.24) is 29.4 Å². The molecule has 0 spiro atoms. The third-order valence-electron chi connectivity index (χ3n) is 8.04. The van der Waals surface area contributed by atoms with Crippen molar-refractivity contribution < 1.29 is 9.53 Å². The zero-order valence-corrected chi connectivity index (χ0v) is 25.8. The Kier molecular flexibility index (Phi) is 8.57. The lowest BCUT2D eigenvalue weighted by atomic mass is 10.0. The maximum atomic E-state index is 12.9. The first-order valence-corrected chi connectivity index (χ1v) is 15.6. The Hall–Kier alpha value is -4.37. The Morgan fingerprint density at radius 3 is 2.50 bits per heavy atom. The van der Waals surface area contributed by atoms with Crippen molar-refractivity contribution in [1.29, 1.82) is 0 Å². The highest BCUT2D eigenvalue weighted by molar-refractivity contribution is 5.93. The SMILES string of the molecule is CC(C)(C)OC(=O)CCc1nc2cc3c(cc2[nH]c1=O)nc(-c1cccc(-c2cccnc2)c1)n3CCCN1CCCCC1. The van der Waals surface area contributed by atoms with Crippen molar-refractivity contribution in [3.8, 4) is 22.5 Å². The molecule has 2 aromatic carbocycles. The Morgan fingerprint density at radius 2 is 1.73 bits per heavy atom. The molecular formula is C35H40N6O3. The smallest absolute Gasteiger partial charge is 0.306 e. The number of aromatic amines is 1. The van der Waals surface area contributed by atoms with Crippen molar-refractivity contribution in [2.45, 2.75) is 71.4 Å². The molecule has 1 aliphatic heterocycles. The van der Waals surface area contributed by atoms with E-state index in [-0.39, 0.29) is 24.4 Å². The van der Waals surface area contributed by atoms with E-state index in [9.17, 15) is 9.59 Å². The van der Waals surface area contributed by atoms with Crippen LogP contribution in [0.25, 0.3) is 44.6 Å². The molecule has 4 heterocycles. The van der Waals surface area contributed by atoms with Crippen LogP contribution in [0.1, 0.15) is 58.6 Å². The first kappa shape index (κ1) is 29.7. The average Bonchev–Trinajstić information content (AvgIpc) is 3.36. The van der Waals surface area contributed by atoms with E-state index in [0.29, 0.717) is 16.7 Å². The molecule has 228 valence electrons. The van der Waals surface area contributed by atoms with E-state index in [2.05, 4.69) is 49.8 Å². The van der Waals surface area contributed by atoms with Crippen molar-refractivity contribution in [2.75, 3.05) is 19.6 Å². The monoisotopic (exact) mass is 592 g/mol. The summed E-state index contributed by atoms with van der Waals surface area (Å²) >= 11 is 0. The standard InChI is InChI=1S/C35H40N6O3/c1-35(2,3)44-32(42)14-13-27-34(43)39-28-21-30-31(22-29(28)37-27)41(19-9-18-40-16-5-4-6-17-40)33(38-30)25-11-7-10-24(20-25)26-12-8-15-36-23-26/h7-8,10-12,15,20-23H,4-6,9,13-14,16-19H2,1-3H3,(H,39,43). The normalized spacial score (nSPS) is 14.3. The Bertz CT molecular complexity index is 1830. The summed E-state index contributed by atoms with van der Waals surface area (Å²) < 4.78 is 7.71. The molecular weight excluding hydrogens is 552 g/mol. The van der Waals surface area contributed by atoms with Crippen LogP contribution in [0.15, 0.2) is 65.7 Å². The zero-order chi connectivity index (χ0) is 30.7. The molecule has 0 amide bonds. The van der Waals surface area contributed by atoms with E-state index in [0.717, 1.165) is 53.1 Å². The highest BCUT2D eigenvalue weighted by Gasteiger charge is 2.19. The van der Waals surface area contributed by atoms with Crippen LogP contribution in [-0.4, -0.2) is 60.6 Å². The number of esters is 1. The number of aryl methyl sites for hydroxylation is 2. The van der Waals surface area contributed by atoms with E-state index in [1.165, 1.54) is 32.4 Å². The number of fused-ring (bicyclic) bond motifs is 2. The van der Waals surface area contributed by atoms with E-state index in [1.54, 1.807) is 6.20 Å². The van der Waals surface area contributed by atoms with Gasteiger partial charge in [-0.05, 0) is 89.5 Å². The average molecular weight is 593 g/mol. The number of hydrogen-bond donors (Lipinski definition) is 1. The molecule has 0 unspecified atom stereocenters. The third-order valence-corrected chi connectivity index (χ3v) is 8.04. The van der Waals surface area contributed by atoms with Crippen LogP contribution in [0.3, 0.4) is 0 Å². The summed E-state index contributed by atoms with van der Waals surface area (Å²) in [5.41, 5.74) is 5.65. The highest BCUT2D eigenvalue weighted by atomic mass is 16.6. The molecule has 1 fully saturated rings. The van der Waals surface area contributed by atoms with Gasteiger partial charge in [0.05, 0.1) is 28.5 Å². The van der Waals surface area contributed by atoms with Crippen LogP contribution in [0.2, 0.25) is 0 Å². The van der Waals surface area contributed by atoms with Gasteiger partial charge in [0, 0.05) is 36.5 Å². The number of likely N-dealkylation sites (tertiary alicyclic amines) is 1. The molecule has 3 aromatic heterocycles. The number of rotatable bonds is 9. The van der Waals surface area contributed by atoms with Gasteiger partial charge < -0.3 is 19.2 Å². The molecule has 0 bridgehead atoms. The van der Waals surface area contributed by atoms with Crippen LogP contribution in [0.4, 0.5) is 0 Å². The van der Waals surface area contributed by atoms with E-state index < -0.39 is 5.60 Å². The summed E-state index contributed by atoms with van der Waals surface area (Å²) in [4.78, 5) is 44.9. The zero-order valence-electron chi connectivity index (χ0n) is 25.8. The fourth-order valence-corrected chi connectivity index (χ4v) is 5.98. The topological polar surface area (TPSA) is 106 Å². The molecule has 0 saturated carbocycles. The predicted molar refractivity (Wildman–Crippen MR) is 173 cm³/mol. The van der Waals surface area contributed by atoms with Crippen LogP contribution < -0.4 is 5.56 Å². The molecule has 6 rings (SSSR count). The number of imidazole rings is 1. The number of H-pyrrole nitrogens is 1. The minimum atomic E-state index is -0.576. The number of aromatic nitrogens is 5. The highest BCUT2D eigenvalue weighted by Crippen LogP contribution is 2.30. The number of ether oxygens (including phenoxy) is 1. The number of pyridine rings is 1. The summed E-state index contributed by atoms with van der Waals surface area (Å²) in [5, 5.41) is 0. The summed E-state index contributed by atoms with van der Waals surface area (Å²) in [6.45, 7) is 9.67. The number of hydrogen-bond acceptors (Lipinski definition) is 7. The van der Waals surface area contributed by atoms with E-state index in [1.807, 2.05) is 45.2 Å². The predicted octanol–water partition coefficient (Wildman–Crippen LogP) is 6.15. The van der Waals surface area contributed by atoms with Crippen molar-refractivity contribution in [3.05, 3.63) is 77.0 Å². The molecule has 1 saturated heterocycles. The largest absolute Gasteiger partial charge is 0.460 e. The minimum Gasteiger partial charge on any atom is -0.460 e. The van der Waals surface area contributed by atoms with Gasteiger partial charge in [-0.15, -0.1) is 0 Å². The lowest BCUT2D eigenvalue weighted by Crippen LogP contribution is -2.31. The Morgan fingerprint density at radius 1 is 0.932 bits per heavy atom. The fourth-order valence-electron chi connectivity index (χ4n) is 5.98. The molecule has 1 aliphatic rings. The summed E-state index contributed by atoms with van der Waals surface area (Å²) in [6.07, 6.45) is 8.81. The Balaban J connectivity index is 1.37. The van der Waals surface area contributed by atoms with Gasteiger partial charge >= 0.3 is 5.97 Å². The quantitative estimate of drug-likeness (QED) is 0.205. The van der Waals surface area contributed by atoms with Gasteiger partial charge in [-0.25, -0.2) is 9.97 Å². The van der Waals surface area contributed by atoms with Gasteiger partial charge in [0.2, 0.25) is 0 Å². The number of nitrogens with one attached hydrogen (secondary N) is 1. The molecule has 9 heteroatoms. The molecule has 44 heavy (non-hydrogen) atoms. The van der Waals surface area contributed by atoms with Crippen molar-refractivity contribution in [3.63, 3.8) is 0 Å². The first-order valence-electron chi connectivity index (χ1n) is 15.6. The summed E-state index contributed by atoms with van der Waals surface area (Å²) in [5.74, 6) is 0.534. The van der Waals surface area contributed by atoms with Crippen LogP contribution in [0, 0.1) is 0 Å². The van der Waals surface area contributed by atoms with Crippen LogP contribution >= 0.6 is 0 Å². The van der Waals surface area contributed by atoms with Gasteiger partial charge in [-0.2, -0.15) is 0 Å². The van der Waals surface area contributed by atoms with E-state index in [4.69, 9.17) is 14.7 Å². The molecule has 5 aromatic rings. The third kappa shape index (κ3) is 6.89. The fraction of sp³-hybridized carbons (Fsp3) is 0.400. The van der Waals surface area contributed by atoms with Crippen molar-refractivity contribution in [2.24, 2.45) is 0 Å². The maximum Gasteiger partial charge on any atom is 0.306 e. The van der Waals surface area contributed by atoms with Gasteiger partial charge in [0.1, 0.15) is 17.1 Å². The lowest BCUT2D eigenvalue weighted by Gasteiger charge is -2.26. The van der Waals surface area contributed by atoms with Gasteiger partial charge in [-0.1, -0.05) is 30.7 Å². The Labute approximate surface area is 257 Å². The van der Waals surface area contributed by atoms with Crippen molar-refractivity contribution >= 4 is 28.0 Å². The second kappa shape index (κ2) is 12.7. The van der Waals surface area contributed by atoms with Gasteiger partial charge in [-0.3, -0.25) is 14.6 Å². The molecule has 0 atom stereocenters. The second-order valence-electron chi connectivity index (χ2n) is 12.6. The number of carbonyl (C=O) groups excluding carboxylic acids is 1. The first-order chi connectivity index (χ1) is 21.2. The minimum absolute atomic E-state index is 0.0902. The second-order valence-corrected chi connectivity index (χ2v) is 12.6. The summed E-state index contributed by atoms with van der Waals surface area (Å²) in [7, 11) is 0. The number of benzene rings is 2.